The van der Waals surface area contributed by atoms with Gasteiger partial charge in [0.25, 0.3) is 0 Å². The second-order valence-corrected chi connectivity index (χ2v) is 4.25. The van der Waals surface area contributed by atoms with Crippen molar-refractivity contribution >= 4 is 17.6 Å². The molecule has 5 heteroatoms. The second-order valence-electron chi connectivity index (χ2n) is 3.87. The summed E-state index contributed by atoms with van der Waals surface area (Å²) < 4.78 is 0. The van der Waals surface area contributed by atoms with Gasteiger partial charge < -0.3 is 10.1 Å². The van der Waals surface area contributed by atoms with Crippen LogP contribution in [0, 0.1) is 13.8 Å². The van der Waals surface area contributed by atoms with Crippen LogP contribution in [0.15, 0.2) is 18.2 Å². The third-order valence-corrected chi connectivity index (χ3v) is 2.78. The van der Waals surface area contributed by atoms with Crippen molar-refractivity contribution in [1.82, 2.24) is 9.97 Å². The van der Waals surface area contributed by atoms with Gasteiger partial charge >= 0.3 is 5.97 Å². The zero-order chi connectivity index (χ0) is 12.6. The number of hydrogen-bond acceptors (Lipinski definition) is 2. The van der Waals surface area contributed by atoms with Crippen LogP contribution in [0.5, 0.6) is 0 Å². The molecule has 0 bridgehead atoms. The van der Waals surface area contributed by atoms with E-state index in [9.17, 15) is 4.79 Å². The van der Waals surface area contributed by atoms with Gasteiger partial charge in [-0.05, 0) is 25.5 Å². The first-order valence-corrected chi connectivity index (χ1v) is 5.43. The average molecular weight is 251 g/mol. The van der Waals surface area contributed by atoms with Crippen LogP contribution in [0.1, 0.15) is 21.6 Å². The molecule has 0 aliphatic heterocycles. The molecule has 0 aliphatic carbocycles. The number of aromatic amines is 1. The van der Waals surface area contributed by atoms with E-state index < -0.39 is 5.97 Å². The molecule has 0 aliphatic rings. The largest absolute Gasteiger partial charge is 0.476 e. The molecule has 4 nitrogen and oxygen atoms in total. The Morgan fingerprint density at radius 2 is 2.12 bits per heavy atom. The summed E-state index contributed by atoms with van der Waals surface area (Å²) in [4.78, 5) is 17.6. The van der Waals surface area contributed by atoms with Crippen molar-refractivity contribution in [3.8, 4) is 11.4 Å². The Kier molecular flexibility index (Phi) is 2.90. The standard InChI is InChI=1S/C12H11ClN2O2/c1-6-3-4-7(2)8(5-6)11-14-9(12(16)17)10(13)15-11/h3-5H,1-2H3,(H,14,15)(H,16,17). The Morgan fingerprint density at radius 3 is 2.71 bits per heavy atom. The number of rotatable bonds is 2. The van der Waals surface area contributed by atoms with Crippen LogP contribution < -0.4 is 0 Å². The molecule has 0 spiro atoms. The van der Waals surface area contributed by atoms with Crippen LogP contribution in [0.3, 0.4) is 0 Å². The molecule has 2 rings (SSSR count). The van der Waals surface area contributed by atoms with Gasteiger partial charge in [-0.3, -0.25) is 0 Å². The third-order valence-electron chi connectivity index (χ3n) is 2.51. The first-order valence-electron chi connectivity index (χ1n) is 5.05. The number of nitrogens with one attached hydrogen (secondary N) is 1. The number of carboxylic acids is 1. The molecule has 0 amide bonds. The maximum absolute atomic E-state index is 10.9. The maximum atomic E-state index is 10.9. The van der Waals surface area contributed by atoms with Crippen molar-refractivity contribution < 1.29 is 9.90 Å². The number of hydrogen-bond donors (Lipinski definition) is 2. The van der Waals surface area contributed by atoms with Gasteiger partial charge in [-0.25, -0.2) is 9.78 Å². The predicted molar refractivity (Wildman–Crippen MR) is 65.5 cm³/mol. The molecule has 0 atom stereocenters. The van der Waals surface area contributed by atoms with Crippen molar-refractivity contribution in [1.29, 1.82) is 0 Å². The van der Waals surface area contributed by atoms with E-state index in [4.69, 9.17) is 16.7 Å². The number of carbonyl (C=O) groups is 1. The van der Waals surface area contributed by atoms with Gasteiger partial charge in [0.2, 0.25) is 0 Å². The molecule has 17 heavy (non-hydrogen) atoms. The lowest BCUT2D eigenvalue weighted by Gasteiger charge is -2.03. The predicted octanol–water partition coefficient (Wildman–Crippen LogP) is 3.05. The Morgan fingerprint density at radius 1 is 1.41 bits per heavy atom. The van der Waals surface area contributed by atoms with Crippen molar-refractivity contribution in [3.63, 3.8) is 0 Å². The summed E-state index contributed by atoms with van der Waals surface area (Å²) in [5, 5.41) is 8.93. The van der Waals surface area contributed by atoms with E-state index in [0.717, 1.165) is 16.7 Å². The molecular formula is C12H11ClN2O2. The number of benzene rings is 1. The highest BCUT2D eigenvalue weighted by atomic mass is 35.5. The lowest BCUT2D eigenvalue weighted by Crippen LogP contribution is -1.97. The lowest BCUT2D eigenvalue weighted by molar-refractivity contribution is 0.0691. The molecule has 0 fully saturated rings. The number of imidazole rings is 1. The minimum absolute atomic E-state index is 0.0495. The van der Waals surface area contributed by atoms with Gasteiger partial charge in [0.1, 0.15) is 11.0 Å². The van der Waals surface area contributed by atoms with Gasteiger partial charge in [-0.15, -0.1) is 0 Å². The highest BCUT2D eigenvalue weighted by molar-refractivity contribution is 6.32. The minimum Gasteiger partial charge on any atom is -0.476 e. The molecule has 1 aromatic heterocycles. The summed E-state index contributed by atoms with van der Waals surface area (Å²) in [5.41, 5.74) is 2.80. The summed E-state index contributed by atoms with van der Waals surface area (Å²) >= 11 is 5.78. The van der Waals surface area contributed by atoms with Crippen LogP contribution in [-0.2, 0) is 0 Å². The van der Waals surface area contributed by atoms with E-state index in [0.29, 0.717) is 5.82 Å². The molecule has 0 radical (unpaired) electrons. The van der Waals surface area contributed by atoms with E-state index in [1.165, 1.54) is 0 Å². The smallest absolute Gasteiger partial charge is 0.357 e. The van der Waals surface area contributed by atoms with Crippen LogP contribution in [0.25, 0.3) is 11.4 Å². The summed E-state index contributed by atoms with van der Waals surface area (Å²) in [6.45, 7) is 3.90. The molecule has 1 aromatic carbocycles. The minimum atomic E-state index is -1.14. The van der Waals surface area contributed by atoms with Crippen molar-refractivity contribution in [2.45, 2.75) is 13.8 Å². The molecular weight excluding hydrogens is 240 g/mol. The zero-order valence-electron chi connectivity index (χ0n) is 9.41. The molecule has 0 unspecified atom stereocenters. The fourth-order valence-corrected chi connectivity index (χ4v) is 1.82. The third kappa shape index (κ3) is 2.17. The average Bonchev–Trinajstić information content (AvgIpc) is 2.64. The molecule has 0 saturated heterocycles. The van der Waals surface area contributed by atoms with Gasteiger partial charge in [0, 0.05) is 5.56 Å². The highest BCUT2D eigenvalue weighted by Crippen LogP contribution is 2.25. The van der Waals surface area contributed by atoms with Crippen LogP contribution in [0.2, 0.25) is 5.15 Å². The maximum Gasteiger partial charge on any atom is 0.357 e. The Labute approximate surface area is 103 Å². The number of aromatic nitrogens is 2. The van der Waals surface area contributed by atoms with E-state index >= 15 is 0 Å². The number of H-pyrrole nitrogens is 1. The normalized spacial score (nSPS) is 10.5. The Balaban J connectivity index is 2.57. The van der Waals surface area contributed by atoms with Crippen molar-refractivity contribution in [3.05, 3.63) is 40.2 Å². The highest BCUT2D eigenvalue weighted by Gasteiger charge is 2.16. The number of carboxylic acid groups (broad SMARTS) is 1. The molecule has 2 aromatic rings. The SMILES string of the molecule is Cc1ccc(C)c(-c2nc(C(=O)O)c(Cl)[nH]2)c1. The van der Waals surface area contributed by atoms with E-state index in [2.05, 4.69) is 9.97 Å². The summed E-state index contributed by atoms with van der Waals surface area (Å²) in [5.74, 6) is -0.656. The number of halogens is 1. The van der Waals surface area contributed by atoms with Crippen molar-refractivity contribution in [2.24, 2.45) is 0 Å². The van der Waals surface area contributed by atoms with Gasteiger partial charge in [-0.2, -0.15) is 0 Å². The molecule has 2 N–H and O–H groups in total. The second kappa shape index (κ2) is 4.22. The van der Waals surface area contributed by atoms with E-state index in [1.807, 2.05) is 32.0 Å². The van der Waals surface area contributed by atoms with Gasteiger partial charge in [0.15, 0.2) is 5.69 Å². The van der Waals surface area contributed by atoms with Crippen molar-refractivity contribution in [2.75, 3.05) is 0 Å². The number of aromatic carboxylic acids is 1. The van der Waals surface area contributed by atoms with Gasteiger partial charge in [0.05, 0.1) is 0 Å². The van der Waals surface area contributed by atoms with E-state index in [1.54, 1.807) is 0 Å². The fourth-order valence-electron chi connectivity index (χ4n) is 1.61. The Hall–Kier alpha value is -1.81. The van der Waals surface area contributed by atoms with Crippen LogP contribution in [-0.4, -0.2) is 21.0 Å². The number of aryl methyl sites for hydroxylation is 2. The zero-order valence-corrected chi connectivity index (χ0v) is 10.2. The molecule has 1 heterocycles. The first kappa shape index (κ1) is 11.7. The topological polar surface area (TPSA) is 66.0 Å². The van der Waals surface area contributed by atoms with E-state index in [-0.39, 0.29) is 10.8 Å². The van der Waals surface area contributed by atoms with Gasteiger partial charge in [-0.1, -0.05) is 29.3 Å². The Bertz CT molecular complexity index is 590. The quantitative estimate of drug-likeness (QED) is 0.861. The fraction of sp³-hybridized carbons (Fsp3) is 0.167. The van der Waals surface area contributed by atoms with Crippen LogP contribution in [0.4, 0.5) is 0 Å². The monoisotopic (exact) mass is 250 g/mol. The summed E-state index contributed by atoms with van der Waals surface area (Å²) in [7, 11) is 0. The molecule has 88 valence electrons. The number of nitrogens with zero attached hydrogens (tertiary/aromatic N) is 1. The lowest BCUT2D eigenvalue weighted by atomic mass is 10.1. The van der Waals surface area contributed by atoms with Crippen LogP contribution >= 0.6 is 11.6 Å². The summed E-state index contributed by atoms with van der Waals surface area (Å²) in [6.07, 6.45) is 0. The summed E-state index contributed by atoms with van der Waals surface area (Å²) in [6, 6.07) is 5.89. The molecule has 0 saturated carbocycles. The first-order chi connectivity index (χ1) is 7.99.